The van der Waals surface area contributed by atoms with Crippen molar-refractivity contribution in [1.29, 1.82) is 0 Å². The monoisotopic (exact) mass is 850 g/mol. The van der Waals surface area contributed by atoms with Crippen molar-refractivity contribution in [1.82, 2.24) is 0 Å². The minimum atomic E-state index is -0.0254. The molecule has 0 aliphatic carbocycles. The van der Waals surface area contributed by atoms with E-state index in [1.165, 1.54) is 116 Å². The topological polar surface area (TPSA) is 6.48 Å². The first-order chi connectivity index (χ1) is 31.8. The fourth-order valence-electron chi connectivity index (χ4n) is 10.5. The van der Waals surface area contributed by atoms with Crippen molar-refractivity contribution in [3.05, 3.63) is 223 Å². The lowest BCUT2D eigenvalue weighted by atomic mass is 9.36. The van der Waals surface area contributed by atoms with Crippen LogP contribution in [-0.2, 0) is 5.41 Å². The summed E-state index contributed by atoms with van der Waals surface area (Å²) < 4.78 is 2.68. The summed E-state index contributed by atoms with van der Waals surface area (Å²) in [7, 11) is 0. The van der Waals surface area contributed by atoms with Crippen LogP contribution in [0.15, 0.2) is 212 Å². The van der Waals surface area contributed by atoms with Gasteiger partial charge in [0, 0.05) is 54.2 Å². The Balaban J connectivity index is 1.24. The second-order valence-electron chi connectivity index (χ2n) is 18.5. The Morgan fingerprint density at radius 2 is 0.877 bits per heavy atom. The summed E-state index contributed by atoms with van der Waals surface area (Å²) in [5, 5.41) is 1.30. The molecule has 0 atom stereocenters. The van der Waals surface area contributed by atoms with Crippen molar-refractivity contribution in [2.75, 3.05) is 9.80 Å². The molecule has 0 N–H and O–H groups in total. The normalized spacial score (nSPS) is 12.8. The second kappa shape index (κ2) is 15.4. The second-order valence-corrected chi connectivity index (χ2v) is 19.6. The molecule has 0 saturated carbocycles. The van der Waals surface area contributed by atoms with Crippen LogP contribution in [0.5, 0.6) is 0 Å². The van der Waals surface area contributed by atoms with Crippen molar-refractivity contribution >= 4 is 78.0 Å². The van der Waals surface area contributed by atoms with Gasteiger partial charge in [0.05, 0.1) is 17.1 Å². The molecule has 0 amide bonds. The zero-order valence-corrected chi connectivity index (χ0v) is 37.9. The first-order valence-electron chi connectivity index (χ1n) is 22.7. The number of fused-ring (bicyclic) bond motifs is 6. The van der Waals surface area contributed by atoms with Crippen molar-refractivity contribution in [2.24, 2.45) is 0 Å². The Labute approximate surface area is 386 Å². The maximum atomic E-state index is 2.67. The summed E-state index contributed by atoms with van der Waals surface area (Å²) in [5.41, 5.74) is 22.0. The largest absolute Gasteiger partial charge is 0.310 e. The number of thiophene rings is 1. The Kier molecular flexibility index (Phi) is 9.29. The van der Waals surface area contributed by atoms with Gasteiger partial charge in [-0.2, -0.15) is 0 Å². The summed E-state index contributed by atoms with van der Waals surface area (Å²) in [6, 6.07) is 78.9. The van der Waals surface area contributed by atoms with Crippen molar-refractivity contribution in [2.45, 2.75) is 33.1 Å². The van der Waals surface area contributed by atoms with Crippen LogP contribution in [0.4, 0.5) is 34.1 Å². The molecule has 65 heavy (non-hydrogen) atoms. The highest BCUT2D eigenvalue weighted by molar-refractivity contribution is 7.33. The quantitative estimate of drug-likeness (QED) is 0.154. The van der Waals surface area contributed by atoms with Gasteiger partial charge in [-0.25, -0.2) is 0 Å². The highest BCUT2D eigenvalue weighted by Gasteiger charge is 2.46. The third-order valence-corrected chi connectivity index (χ3v) is 14.7. The van der Waals surface area contributed by atoms with Gasteiger partial charge < -0.3 is 9.80 Å². The summed E-state index contributed by atoms with van der Waals surface area (Å²) in [4.78, 5) is 5.27. The Morgan fingerprint density at radius 3 is 1.37 bits per heavy atom. The molecule has 310 valence electrons. The summed E-state index contributed by atoms with van der Waals surface area (Å²) in [5.74, 6) is 0. The van der Waals surface area contributed by atoms with Gasteiger partial charge in [-0.1, -0.05) is 208 Å². The first-order valence-corrected chi connectivity index (χ1v) is 23.5. The lowest BCUT2D eigenvalue weighted by Gasteiger charge is -2.44. The first kappa shape index (κ1) is 39.2. The molecule has 0 bridgehead atoms. The van der Waals surface area contributed by atoms with E-state index in [0.29, 0.717) is 0 Å². The number of aryl methyl sites for hydroxylation is 1. The van der Waals surface area contributed by atoms with E-state index in [1.54, 1.807) is 0 Å². The number of nitrogens with zero attached hydrogens (tertiary/aromatic N) is 2. The van der Waals surface area contributed by atoms with E-state index >= 15 is 0 Å². The number of para-hydroxylation sites is 2. The van der Waals surface area contributed by atoms with Gasteiger partial charge >= 0.3 is 0 Å². The molecule has 9 aromatic carbocycles. The van der Waals surface area contributed by atoms with E-state index in [9.17, 15) is 0 Å². The van der Waals surface area contributed by atoms with Crippen molar-refractivity contribution in [3.8, 4) is 44.5 Å². The number of benzene rings is 9. The summed E-state index contributed by atoms with van der Waals surface area (Å²) >= 11 is 1.97. The lowest BCUT2D eigenvalue weighted by Crippen LogP contribution is -2.60. The van der Waals surface area contributed by atoms with Crippen molar-refractivity contribution < 1.29 is 0 Å². The molecule has 0 fully saturated rings. The standard InChI is InChI=1S/C61H47BN2S/c1-40-34-36-52-51(38-40)62-56-53(63(52)57-46(41-20-9-5-10-21-41)28-17-29-47(57)42-22-11-6-12-23-42)32-19-33-54(56)64(59-50-39-45(61(2,3)4)35-37-55(50)65-60(59)62)58-48(43-24-13-7-14-25-43)30-18-31-49(58)44-26-15-8-16-27-44/h5-39H,1-4H3. The van der Waals surface area contributed by atoms with Gasteiger partial charge in [0.1, 0.15) is 0 Å². The molecule has 0 saturated heterocycles. The smallest absolute Gasteiger partial charge is 0.264 e. The van der Waals surface area contributed by atoms with Crippen LogP contribution in [0.3, 0.4) is 0 Å². The van der Waals surface area contributed by atoms with Gasteiger partial charge in [0.2, 0.25) is 0 Å². The molecule has 0 spiro atoms. The molecular weight excluding hydrogens is 804 g/mol. The predicted molar refractivity (Wildman–Crippen MR) is 281 cm³/mol. The average Bonchev–Trinajstić information content (AvgIpc) is 3.73. The molecule has 2 aliphatic rings. The fraction of sp³-hybridized carbons (Fsp3) is 0.0820. The molecule has 0 radical (unpaired) electrons. The van der Waals surface area contributed by atoms with E-state index in [-0.39, 0.29) is 12.1 Å². The predicted octanol–water partition coefficient (Wildman–Crippen LogP) is 15.3. The molecule has 0 unspecified atom stereocenters. The molecule has 12 rings (SSSR count). The van der Waals surface area contributed by atoms with Crippen molar-refractivity contribution in [3.63, 3.8) is 0 Å². The van der Waals surface area contributed by atoms with E-state index in [1.807, 2.05) is 11.3 Å². The summed E-state index contributed by atoms with van der Waals surface area (Å²) in [6.07, 6.45) is 0. The number of rotatable bonds is 6. The van der Waals surface area contributed by atoms with Gasteiger partial charge in [-0.15, -0.1) is 11.3 Å². The van der Waals surface area contributed by atoms with Crippen LogP contribution in [0.1, 0.15) is 31.9 Å². The number of hydrogen-bond acceptors (Lipinski definition) is 3. The van der Waals surface area contributed by atoms with E-state index in [4.69, 9.17) is 0 Å². The molecule has 2 nitrogen and oxygen atoms in total. The third-order valence-electron chi connectivity index (χ3n) is 13.5. The lowest BCUT2D eigenvalue weighted by molar-refractivity contribution is 0.591. The zero-order chi connectivity index (χ0) is 43.8. The van der Waals surface area contributed by atoms with Gasteiger partial charge in [-0.05, 0) is 81.4 Å². The van der Waals surface area contributed by atoms with Crippen LogP contribution in [0, 0.1) is 6.92 Å². The summed E-state index contributed by atoms with van der Waals surface area (Å²) in [6.45, 7) is 9.24. The van der Waals surface area contributed by atoms with E-state index in [2.05, 4.69) is 250 Å². The molecule has 10 aromatic rings. The highest BCUT2D eigenvalue weighted by Crippen LogP contribution is 2.54. The minimum absolute atomic E-state index is 0.00205. The number of hydrogen-bond donors (Lipinski definition) is 0. The van der Waals surface area contributed by atoms with Crippen LogP contribution >= 0.6 is 11.3 Å². The Morgan fingerprint density at radius 1 is 0.415 bits per heavy atom. The van der Waals surface area contributed by atoms with E-state index in [0.717, 1.165) is 0 Å². The molecule has 4 heteroatoms. The average molecular weight is 851 g/mol. The van der Waals surface area contributed by atoms with Gasteiger partial charge in [0.15, 0.2) is 0 Å². The van der Waals surface area contributed by atoms with Crippen LogP contribution in [0.2, 0.25) is 0 Å². The van der Waals surface area contributed by atoms with Crippen LogP contribution < -0.4 is 25.5 Å². The van der Waals surface area contributed by atoms with Gasteiger partial charge in [0.25, 0.3) is 6.71 Å². The Hall–Kier alpha value is -7.40. The van der Waals surface area contributed by atoms with Crippen LogP contribution in [-0.4, -0.2) is 6.71 Å². The van der Waals surface area contributed by atoms with Crippen LogP contribution in [0.25, 0.3) is 54.6 Å². The fourth-order valence-corrected chi connectivity index (χ4v) is 11.8. The maximum absolute atomic E-state index is 2.67. The maximum Gasteiger partial charge on any atom is 0.264 e. The van der Waals surface area contributed by atoms with Gasteiger partial charge in [-0.3, -0.25) is 0 Å². The Bertz CT molecular complexity index is 3310. The molecular formula is C61H47BN2S. The molecule has 3 heterocycles. The molecule has 2 aliphatic heterocycles. The number of anilines is 6. The zero-order valence-electron chi connectivity index (χ0n) is 37.1. The SMILES string of the molecule is Cc1ccc2c(c1)B1c3sc4ccc(C(C)(C)C)cc4c3N(c3c(-c4ccccc4)cccc3-c3ccccc3)c3cccc(c31)N2c1c(-c2ccccc2)cccc1-c1ccccc1. The van der Waals surface area contributed by atoms with E-state index < -0.39 is 0 Å². The third kappa shape index (κ3) is 6.38. The molecule has 1 aromatic heterocycles. The highest BCUT2D eigenvalue weighted by atomic mass is 32.1. The minimum Gasteiger partial charge on any atom is -0.310 e.